The van der Waals surface area contributed by atoms with Gasteiger partial charge >= 0.3 is 0 Å². The maximum Gasteiger partial charge on any atom is 0.293 e. The molecule has 0 N–H and O–H groups in total. The summed E-state index contributed by atoms with van der Waals surface area (Å²) in [5, 5.41) is -0.217. The minimum Gasteiger partial charge on any atom is -0.363 e. The summed E-state index contributed by atoms with van der Waals surface area (Å²) in [6.07, 6.45) is 4.17. The third kappa shape index (κ3) is 3.94. The average molecular weight is 433 g/mol. The van der Waals surface area contributed by atoms with Crippen LogP contribution in [-0.4, -0.2) is 28.1 Å². The number of nitrogens with zero attached hydrogens (tertiary/aromatic N) is 2. The van der Waals surface area contributed by atoms with Crippen molar-refractivity contribution in [2.24, 2.45) is 0 Å². The molecule has 4 nitrogen and oxygen atoms in total. The first kappa shape index (κ1) is 21.4. The molecule has 2 aliphatic rings. The number of hydrogen-bond acceptors (Lipinski definition) is 4. The van der Waals surface area contributed by atoms with Crippen molar-refractivity contribution >= 4 is 40.2 Å². The van der Waals surface area contributed by atoms with Crippen LogP contribution in [0.4, 0.5) is 10.5 Å². The molecular weight excluding hydrogens is 404 g/mol. The zero-order chi connectivity index (χ0) is 22.3. The van der Waals surface area contributed by atoms with Gasteiger partial charge in [0.05, 0.1) is 17.0 Å². The first-order chi connectivity index (χ1) is 14.7. The topological polar surface area (TPSA) is 40.6 Å². The number of rotatable bonds is 4. The second-order valence-electron chi connectivity index (χ2n) is 8.70. The first-order valence-electron chi connectivity index (χ1n) is 10.6. The Labute approximate surface area is 188 Å². The fourth-order valence-electron chi connectivity index (χ4n) is 4.52. The van der Waals surface area contributed by atoms with Gasteiger partial charge in [0, 0.05) is 17.8 Å². The van der Waals surface area contributed by atoms with E-state index in [1.165, 1.54) is 21.7 Å². The number of aryl methyl sites for hydroxylation is 1. The number of carbonyl (C=O) groups excluding carboxylic acids is 2. The Kier molecular flexibility index (Phi) is 5.56. The molecule has 0 aromatic heterocycles. The molecule has 2 aliphatic heterocycles. The van der Waals surface area contributed by atoms with Crippen LogP contribution in [0.1, 0.15) is 49.9 Å². The third-order valence-corrected chi connectivity index (χ3v) is 6.93. The molecule has 1 saturated heterocycles. The van der Waals surface area contributed by atoms with Gasteiger partial charge in [0.15, 0.2) is 0 Å². The second kappa shape index (κ2) is 8.04. The molecule has 2 aromatic carbocycles. The zero-order valence-electron chi connectivity index (χ0n) is 18.7. The molecule has 0 unspecified atom stereocenters. The number of amides is 2. The standard InChI is InChI=1S/C26H28N2O2S/c1-6-28-22-12-17(2)20(13-21(22)18(3)15-26(28,4)5)14-23-24(29)27(25(30)31-23)16-19-10-8-7-9-11-19/h7-15H,6,16H2,1-5H3/b23-14-. The van der Waals surface area contributed by atoms with Gasteiger partial charge in [0.25, 0.3) is 11.1 Å². The van der Waals surface area contributed by atoms with Gasteiger partial charge in [-0.15, -0.1) is 0 Å². The quantitative estimate of drug-likeness (QED) is 0.535. The highest BCUT2D eigenvalue weighted by Gasteiger charge is 2.35. The molecule has 4 rings (SSSR count). The summed E-state index contributed by atoms with van der Waals surface area (Å²) >= 11 is 1.02. The Balaban J connectivity index is 1.68. The number of likely N-dealkylation sites (N-methyl/N-ethyl adjacent to an activating group) is 1. The number of imide groups is 1. The number of fused-ring (bicyclic) bond motifs is 1. The Hall–Kier alpha value is -2.79. The van der Waals surface area contributed by atoms with Crippen molar-refractivity contribution in [3.63, 3.8) is 0 Å². The minimum atomic E-state index is -0.223. The molecule has 0 spiro atoms. The number of thioether (sulfide) groups is 1. The molecule has 0 atom stereocenters. The highest BCUT2D eigenvalue weighted by Crippen LogP contribution is 2.41. The number of benzene rings is 2. The van der Waals surface area contributed by atoms with Crippen molar-refractivity contribution in [2.45, 2.75) is 46.7 Å². The monoisotopic (exact) mass is 432 g/mol. The van der Waals surface area contributed by atoms with E-state index in [-0.39, 0.29) is 16.7 Å². The largest absolute Gasteiger partial charge is 0.363 e. The summed E-state index contributed by atoms with van der Waals surface area (Å²) in [4.78, 5) is 29.7. The van der Waals surface area contributed by atoms with Crippen LogP contribution in [0.25, 0.3) is 11.6 Å². The number of anilines is 1. The summed E-state index contributed by atoms with van der Waals surface area (Å²) in [5.74, 6) is -0.223. The average Bonchev–Trinajstić information content (AvgIpc) is 2.97. The van der Waals surface area contributed by atoms with Gasteiger partial charge in [0.1, 0.15) is 0 Å². The predicted octanol–water partition coefficient (Wildman–Crippen LogP) is 6.25. The highest BCUT2D eigenvalue weighted by molar-refractivity contribution is 8.18. The Morgan fingerprint density at radius 2 is 1.77 bits per heavy atom. The molecule has 2 heterocycles. The lowest BCUT2D eigenvalue weighted by molar-refractivity contribution is -0.123. The van der Waals surface area contributed by atoms with E-state index in [0.29, 0.717) is 11.4 Å². The normalized spacial score (nSPS) is 19.1. The van der Waals surface area contributed by atoms with E-state index < -0.39 is 0 Å². The number of carbonyl (C=O) groups is 2. The fourth-order valence-corrected chi connectivity index (χ4v) is 5.35. The number of hydrogen-bond donors (Lipinski definition) is 0. The molecule has 0 radical (unpaired) electrons. The molecule has 2 amide bonds. The zero-order valence-corrected chi connectivity index (χ0v) is 19.5. The van der Waals surface area contributed by atoms with Gasteiger partial charge in [0.2, 0.25) is 0 Å². The van der Waals surface area contributed by atoms with Crippen LogP contribution in [0, 0.1) is 6.92 Å². The van der Waals surface area contributed by atoms with Crippen molar-refractivity contribution in [3.05, 3.63) is 75.7 Å². The summed E-state index contributed by atoms with van der Waals surface area (Å²) in [7, 11) is 0. The van der Waals surface area contributed by atoms with Gasteiger partial charge in [-0.3, -0.25) is 14.5 Å². The summed E-state index contributed by atoms with van der Waals surface area (Å²) in [6, 6.07) is 14.0. The van der Waals surface area contributed by atoms with Gasteiger partial charge in [-0.2, -0.15) is 0 Å². The smallest absolute Gasteiger partial charge is 0.293 e. The fraction of sp³-hybridized carbons (Fsp3) is 0.308. The van der Waals surface area contributed by atoms with E-state index >= 15 is 0 Å². The van der Waals surface area contributed by atoms with E-state index in [1.54, 1.807) is 0 Å². The van der Waals surface area contributed by atoms with Crippen molar-refractivity contribution in [3.8, 4) is 0 Å². The molecule has 0 saturated carbocycles. The second-order valence-corrected chi connectivity index (χ2v) is 9.70. The van der Waals surface area contributed by atoms with Gasteiger partial charge < -0.3 is 4.90 Å². The lowest BCUT2D eigenvalue weighted by atomic mass is 9.87. The molecule has 160 valence electrons. The van der Waals surface area contributed by atoms with Crippen LogP contribution in [0.2, 0.25) is 0 Å². The van der Waals surface area contributed by atoms with E-state index in [9.17, 15) is 9.59 Å². The van der Waals surface area contributed by atoms with Crippen molar-refractivity contribution in [2.75, 3.05) is 11.4 Å². The van der Waals surface area contributed by atoms with E-state index in [4.69, 9.17) is 0 Å². The van der Waals surface area contributed by atoms with Crippen molar-refractivity contribution in [1.82, 2.24) is 4.90 Å². The van der Waals surface area contributed by atoms with Gasteiger partial charge in [-0.1, -0.05) is 36.4 Å². The summed E-state index contributed by atoms with van der Waals surface area (Å²) < 4.78 is 0. The van der Waals surface area contributed by atoms with Crippen molar-refractivity contribution in [1.29, 1.82) is 0 Å². The van der Waals surface area contributed by atoms with E-state index in [0.717, 1.165) is 35.0 Å². The van der Waals surface area contributed by atoms with Crippen LogP contribution in [0.5, 0.6) is 0 Å². The van der Waals surface area contributed by atoms with Crippen LogP contribution < -0.4 is 4.90 Å². The van der Waals surface area contributed by atoms with Crippen LogP contribution in [0.3, 0.4) is 0 Å². The number of allylic oxidation sites excluding steroid dienone is 1. The molecule has 31 heavy (non-hydrogen) atoms. The summed E-state index contributed by atoms with van der Waals surface area (Å²) in [5.41, 5.74) is 6.61. The molecule has 0 aliphatic carbocycles. The lowest BCUT2D eigenvalue weighted by Crippen LogP contribution is -2.44. The Morgan fingerprint density at radius 3 is 2.45 bits per heavy atom. The SMILES string of the molecule is CCN1c2cc(C)c(/C=C3\SC(=O)N(Cc4ccccc4)C3=O)cc2C(C)=CC1(C)C. The minimum absolute atomic E-state index is 0.0418. The Bertz CT molecular complexity index is 1120. The van der Waals surface area contributed by atoms with Crippen LogP contribution >= 0.6 is 11.8 Å². The van der Waals surface area contributed by atoms with Gasteiger partial charge in [-0.05, 0) is 86.9 Å². The molecular formula is C26H28N2O2S. The maximum atomic E-state index is 13.0. The third-order valence-electron chi connectivity index (χ3n) is 6.03. The molecule has 1 fully saturated rings. The molecule has 0 bridgehead atoms. The highest BCUT2D eigenvalue weighted by atomic mass is 32.2. The predicted molar refractivity (Wildman–Crippen MR) is 130 cm³/mol. The molecule has 5 heteroatoms. The van der Waals surface area contributed by atoms with E-state index in [1.807, 2.05) is 36.4 Å². The van der Waals surface area contributed by atoms with E-state index in [2.05, 4.69) is 57.7 Å². The van der Waals surface area contributed by atoms with Gasteiger partial charge in [-0.25, -0.2) is 0 Å². The van der Waals surface area contributed by atoms with Crippen LogP contribution in [0.15, 0.2) is 53.4 Å². The molecule has 2 aromatic rings. The van der Waals surface area contributed by atoms with Crippen molar-refractivity contribution < 1.29 is 9.59 Å². The first-order valence-corrected chi connectivity index (χ1v) is 11.4. The maximum absolute atomic E-state index is 13.0. The van der Waals surface area contributed by atoms with Crippen LogP contribution in [-0.2, 0) is 11.3 Å². The Morgan fingerprint density at radius 1 is 1.06 bits per heavy atom. The summed E-state index contributed by atoms with van der Waals surface area (Å²) in [6.45, 7) is 12.1. The lowest BCUT2D eigenvalue weighted by Gasteiger charge is -2.43.